The molecule has 13 heavy (non-hydrogen) atoms. The molecule has 0 heterocycles. The third-order valence-corrected chi connectivity index (χ3v) is 1.72. The minimum Gasteiger partial charge on any atom is -0.307 e. The number of hydrogen-bond acceptors (Lipinski definition) is 2. The van der Waals surface area contributed by atoms with E-state index in [0.717, 1.165) is 0 Å². The minimum absolute atomic E-state index is 1.20. The standard InChI is InChI=1S/C8H19N.C2H6.CH2O/c1-4-7-8-9(5-2)6-3;2*1-2/h4-8H2,1-3H3;1-2H3;1H2. The first kappa shape index (κ1) is 18.4. The van der Waals surface area contributed by atoms with Crippen LogP contribution in [0.3, 0.4) is 0 Å². The second-order valence-corrected chi connectivity index (χ2v) is 2.38. The predicted molar refractivity (Wildman–Crippen MR) is 61.2 cm³/mol. The molecule has 0 amide bonds. The molecule has 0 atom stereocenters. The smallest absolute Gasteiger partial charge is 0.106 e. The lowest BCUT2D eigenvalue weighted by Crippen LogP contribution is -2.23. The zero-order valence-corrected chi connectivity index (χ0v) is 10.1. The second kappa shape index (κ2) is 22.6. The summed E-state index contributed by atoms with van der Waals surface area (Å²) < 4.78 is 0. The first-order valence-electron chi connectivity index (χ1n) is 5.36. The highest BCUT2D eigenvalue weighted by Crippen LogP contribution is 1.92. The molecule has 2 nitrogen and oxygen atoms in total. The van der Waals surface area contributed by atoms with Gasteiger partial charge in [0.25, 0.3) is 0 Å². The zero-order chi connectivity index (χ0) is 11.1. The van der Waals surface area contributed by atoms with E-state index in [1.54, 1.807) is 0 Å². The SMILES string of the molecule is C=O.CC.CCCCN(CC)CC. The fourth-order valence-corrected chi connectivity index (χ4v) is 0.922. The molecule has 0 fully saturated rings. The van der Waals surface area contributed by atoms with E-state index in [2.05, 4.69) is 25.7 Å². The van der Waals surface area contributed by atoms with Gasteiger partial charge in [0.1, 0.15) is 6.79 Å². The van der Waals surface area contributed by atoms with Crippen molar-refractivity contribution in [2.45, 2.75) is 47.5 Å². The van der Waals surface area contributed by atoms with Crippen molar-refractivity contribution in [2.24, 2.45) is 0 Å². The Hall–Kier alpha value is -0.370. The van der Waals surface area contributed by atoms with Gasteiger partial charge in [0.15, 0.2) is 0 Å². The highest BCUT2D eigenvalue weighted by molar-refractivity contribution is 5.10. The molecule has 0 aliphatic heterocycles. The number of nitrogens with zero attached hydrogens (tertiary/aromatic N) is 1. The van der Waals surface area contributed by atoms with Gasteiger partial charge in [-0.15, -0.1) is 0 Å². The Labute approximate surface area is 84.3 Å². The van der Waals surface area contributed by atoms with E-state index in [0.29, 0.717) is 0 Å². The second-order valence-electron chi connectivity index (χ2n) is 2.38. The maximum absolute atomic E-state index is 8.00. The third kappa shape index (κ3) is 18.5. The molecule has 0 aliphatic carbocycles. The Bertz CT molecular complexity index is 63.1. The van der Waals surface area contributed by atoms with Gasteiger partial charge in [-0.05, 0) is 26.1 Å². The zero-order valence-electron chi connectivity index (χ0n) is 10.1. The van der Waals surface area contributed by atoms with Crippen LogP contribution in [0.25, 0.3) is 0 Å². The molecule has 0 rings (SSSR count). The number of carbonyl (C=O) groups excluding carboxylic acids is 1. The summed E-state index contributed by atoms with van der Waals surface area (Å²) in [6.07, 6.45) is 2.66. The van der Waals surface area contributed by atoms with Crippen LogP contribution in [0.4, 0.5) is 0 Å². The summed E-state index contributed by atoms with van der Waals surface area (Å²) in [6.45, 7) is 16.4. The van der Waals surface area contributed by atoms with Crippen molar-refractivity contribution < 1.29 is 4.79 Å². The summed E-state index contributed by atoms with van der Waals surface area (Å²) in [5.74, 6) is 0. The van der Waals surface area contributed by atoms with E-state index >= 15 is 0 Å². The molecule has 0 aromatic rings. The quantitative estimate of drug-likeness (QED) is 0.662. The van der Waals surface area contributed by atoms with Crippen molar-refractivity contribution in [3.8, 4) is 0 Å². The van der Waals surface area contributed by atoms with Gasteiger partial charge in [0, 0.05) is 0 Å². The van der Waals surface area contributed by atoms with E-state index in [4.69, 9.17) is 4.79 Å². The van der Waals surface area contributed by atoms with Gasteiger partial charge in [0.2, 0.25) is 0 Å². The van der Waals surface area contributed by atoms with Gasteiger partial charge in [-0.2, -0.15) is 0 Å². The van der Waals surface area contributed by atoms with Crippen molar-refractivity contribution in [1.29, 1.82) is 0 Å². The Kier molecular flexibility index (Phi) is 32.0. The Balaban J connectivity index is -0.000000218. The van der Waals surface area contributed by atoms with Crippen LogP contribution < -0.4 is 0 Å². The molecule has 0 saturated heterocycles. The van der Waals surface area contributed by atoms with E-state index < -0.39 is 0 Å². The van der Waals surface area contributed by atoms with Crippen molar-refractivity contribution in [3.63, 3.8) is 0 Å². The molecule has 0 radical (unpaired) electrons. The molecule has 0 aromatic carbocycles. The molecular formula is C11H27NO. The summed E-state index contributed by atoms with van der Waals surface area (Å²) in [7, 11) is 0. The molecule has 0 bridgehead atoms. The number of carbonyl (C=O) groups is 1. The van der Waals surface area contributed by atoms with Gasteiger partial charge >= 0.3 is 0 Å². The van der Waals surface area contributed by atoms with E-state index in [-0.39, 0.29) is 0 Å². The van der Waals surface area contributed by atoms with Crippen LogP contribution in [-0.2, 0) is 4.79 Å². The number of rotatable bonds is 5. The highest BCUT2D eigenvalue weighted by Gasteiger charge is 1.94. The first-order valence-corrected chi connectivity index (χ1v) is 5.36. The molecular weight excluding hydrogens is 162 g/mol. The fraction of sp³-hybridized carbons (Fsp3) is 0.909. The third-order valence-electron chi connectivity index (χ3n) is 1.72. The Morgan fingerprint density at radius 1 is 1.00 bits per heavy atom. The van der Waals surface area contributed by atoms with Crippen molar-refractivity contribution in [3.05, 3.63) is 0 Å². The monoisotopic (exact) mass is 189 g/mol. The van der Waals surface area contributed by atoms with Crippen LogP contribution >= 0.6 is 0 Å². The normalized spacial score (nSPS) is 8.15. The molecule has 0 saturated carbocycles. The summed E-state index contributed by atoms with van der Waals surface area (Å²) in [6, 6.07) is 0. The van der Waals surface area contributed by atoms with Crippen LogP contribution in [-0.4, -0.2) is 31.3 Å². The molecule has 0 aromatic heterocycles. The van der Waals surface area contributed by atoms with Gasteiger partial charge in [-0.1, -0.05) is 41.0 Å². The summed E-state index contributed by atoms with van der Waals surface area (Å²) >= 11 is 0. The predicted octanol–water partition coefficient (Wildman–Crippen LogP) is 2.97. The molecule has 0 N–H and O–H groups in total. The fourth-order valence-electron chi connectivity index (χ4n) is 0.922. The molecule has 0 aliphatic rings. The molecule has 2 heteroatoms. The summed E-state index contributed by atoms with van der Waals surface area (Å²) in [4.78, 5) is 10.5. The largest absolute Gasteiger partial charge is 0.307 e. The molecule has 0 spiro atoms. The van der Waals surface area contributed by atoms with E-state index in [1.807, 2.05) is 20.6 Å². The average molecular weight is 189 g/mol. The summed E-state index contributed by atoms with van der Waals surface area (Å²) in [5, 5.41) is 0. The van der Waals surface area contributed by atoms with Gasteiger partial charge in [-0.25, -0.2) is 0 Å². The average Bonchev–Trinajstić information content (AvgIpc) is 2.25. The molecule has 82 valence electrons. The van der Waals surface area contributed by atoms with Crippen molar-refractivity contribution >= 4 is 6.79 Å². The first-order chi connectivity index (χ1) is 6.35. The van der Waals surface area contributed by atoms with Gasteiger partial charge in [-0.3, -0.25) is 0 Å². The van der Waals surface area contributed by atoms with Crippen LogP contribution in [0, 0.1) is 0 Å². The minimum atomic E-state index is 1.20. The lowest BCUT2D eigenvalue weighted by molar-refractivity contribution is -0.0979. The Morgan fingerprint density at radius 3 is 1.62 bits per heavy atom. The van der Waals surface area contributed by atoms with Crippen molar-refractivity contribution in [2.75, 3.05) is 19.6 Å². The van der Waals surface area contributed by atoms with Crippen LogP contribution in [0.2, 0.25) is 0 Å². The maximum atomic E-state index is 8.00. The van der Waals surface area contributed by atoms with Crippen molar-refractivity contribution in [1.82, 2.24) is 4.90 Å². The maximum Gasteiger partial charge on any atom is 0.106 e. The topological polar surface area (TPSA) is 20.3 Å². The lowest BCUT2D eigenvalue weighted by atomic mass is 10.3. The van der Waals surface area contributed by atoms with Crippen LogP contribution in [0.1, 0.15) is 47.5 Å². The molecule has 0 unspecified atom stereocenters. The van der Waals surface area contributed by atoms with E-state index in [9.17, 15) is 0 Å². The Morgan fingerprint density at radius 2 is 1.38 bits per heavy atom. The summed E-state index contributed by atoms with van der Waals surface area (Å²) in [5.41, 5.74) is 0. The van der Waals surface area contributed by atoms with Gasteiger partial charge in [0.05, 0.1) is 0 Å². The van der Waals surface area contributed by atoms with E-state index in [1.165, 1.54) is 32.5 Å². The highest BCUT2D eigenvalue weighted by atomic mass is 16.1. The number of unbranched alkanes of at least 4 members (excludes halogenated alkanes) is 1. The lowest BCUT2D eigenvalue weighted by Gasteiger charge is -2.16. The van der Waals surface area contributed by atoms with Crippen LogP contribution in [0.5, 0.6) is 0 Å². The number of hydrogen-bond donors (Lipinski definition) is 0. The van der Waals surface area contributed by atoms with Gasteiger partial charge < -0.3 is 9.69 Å². The van der Waals surface area contributed by atoms with Crippen LogP contribution in [0.15, 0.2) is 0 Å².